The van der Waals surface area contributed by atoms with Crippen molar-refractivity contribution in [3.63, 3.8) is 0 Å². The molecule has 0 saturated heterocycles. The zero-order valence-electron chi connectivity index (χ0n) is 20.6. The summed E-state index contributed by atoms with van der Waals surface area (Å²) in [5.74, 6) is -0.547. The number of nitrogens with zero attached hydrogens (tertiary/aromatic N) is 3. The van der Waals surface area contributed by atoms with Crippen LogP contribution in [0.3, 0.4) is 0 Å². The van der Waals surface area contributed by atoms with Crippen molar-refractivity contribution in [2.24, 2.45) is 5.92 Å². The molecule has 0 saturated carbocycles. The fraction of sp³-hybridized carbons (Fsp3) is 0.296. The number of aromatic nitrogens is 2. The van der Waals surface area contributed by atoms with E-state index in [0.717, 1.165) is 22.6 Å². The first-order valence-corrected chi connectivity index (χ1v) is 12.4. The molecular formula is C27H25N3O5S. The van der Waals surface area contributed by atoms with Gasteiger partial charge in [0, 0.05) is 6.42 Å². The normalized spacial score (nSPS) is 15.1. The highest BCUT2D eigenvalue weighted by Gasteiger charge is 2.45. The molecule has 1 aliphatic rings. The van der Waals surface area contributed by atoms with Crippen molar-refractivity contribution in [3.8, 4) is 0 Å². The summed E-state index contributed by atoms with van der Waals surface area (Å²) in [6.45, 7) is 8.03. The number of amides is 1. The van der Waals surface area contributed by atoms with E-state index in [4.69, 9.17) is 9.15 Å². The maximum atomic E-state index is 13.8. The van der Waals surface area contributed by atoms with E-state index in [1.54, 1.807) is 36.4 Å². The monoisotopic (exact) mass is 503 g/mol. The van der Waals surface area contributed by atoms with Gasteiger partial charge in [-0.05, 0) is 60.7 Å². The van der Waals surface area contributed by atoms with E-state index in [1.165, 1.54) is 23.3 Å². The minimum absolute atomic E-state index is 0.00147. The van der Waals surface area contributed by atoms with Gasteiger partial charge in [-0.2, -0.15) is 0 Å². The highest BCUT2D eigenvalue weighted by molar-refractivity contribution is 7.15. The summed E-state index contributed by atoms with van der Waals surface area (Å²) >= 11 is 1.32. The molecule has 1 aliphatic heterocycles. The lowest BCUT2D eigenvalue weighted by molar-refractivity contribution is 0.0600. The highest BCUT2D eigenvalue weighted by Crippen LogP contribution is 2.42. The molecule has 8 nitrogen and oxygen atoms in total. The number of carbonyl (C=O) groups is 2. The minimum atomic E-state index is -0.777. The van der Waals surface area contributed by atoms with Crippen molar-refractivity contribution < 1.29 is 18.7 Å². The second-order valence-electron chi connectivity index (χ2n) is 9.37. The number of anilines is 1. The lowest BCUT2D eigenvalue weighted by atomic mass is 9.97. The Morgan fingerprint density at radius 3 is 2.47 bits per heavy atom. The average Bonchev–Trinajstić information content (AvgIpc) is 3.41. The van der Waals surface area contributed by atoms with Gasteiger partial charge >= 0.3 is 5.97 Å². The minimum Gasteiger partial charge on any atom is -0.465 e. The molecule has 1 amide bonds. The third kappa shape index (κ3) is 3.89. The molecule has 9 heteroatoms. The summed E-state index contributed by atoms with van der Waals surface area (Å²) in [5.41, 5.74) is 3.29. The lowest BCUT2D eigenvalue weighted by Gasteiger charge is -2.22. The van der Waals surface area contributed by atoms with Gasteiger partial charge in [0.25, 0.3) is 5.91 Å². The van der Waals surface area contributed by atoms with Crippen molar-refractivity contribution in [2.75, 3.05) is 12.0 Å². The molecule has 0 spiro atoms. The summed E-state index contributed by atoms with van der Waals surface area (Å²) in [6, 6.07) is 9.46. The summed E-state index contributed by atoms with van der Waals surface area (Å²) in [6.07, 6.45) is 0.727. The number of benzene rings is 2. The first-order chi connectivity index (χ1) is 17.2. The molecule has 0 unspecified atom stereocenters. The molecule has 184 valence electrons. The third-order valence-electron chi connectivity index (χ3n) is 6.38. The number of methoxy groups -OCH3 is 1. The summed E-state index contributed by atoms with van der Waals surface area (Å²) in [7, 11) is 1.31. The van der Waals surface area contributed by atoms with Gasteiger partial charge in [-0.3, -0.25) is 14.5 Å². The van der Waals surface area contributed by atoms with Crippen molar-refractivity contribution in [2.45, 2.75) is 40.2 Å². The van der Waals surface area contributed by atoms with Crippen LogP contribution in [0.4, 0.5) is 5.13 Å². The van der Waals surface area contributed by atoms with E-state index in [1.807, 2.05) is 13.8 Å². The molecule has 3 heterocycles. The number of hydrogen-bond acceptors (Lipinski definition) is 8. The van der Waals surface area contributed by atoms with Crippen molar-refractivity contribution in [3.05, 3.63) is 85.2 Å². The van der Waals surface area contributed by atoms with Crippen molar-refractivity contribution in [1.29, 1.82) is 0 Å². The number of hydrogen-bond donors (Lipinski definition) is 0. The molecule has 2 aromatic heterocycles. The van der Waals surface area contributed by atoms with E-state index in [-0.39, 0.29) is 16.8 Å². The van der Waals surface area contributed by atoms with Gasteiger partial charge < -0.3 is 9.15 Å². The topological polar surface area (TPSA) is 103 Å². The number of fused-ring (bicyclic) bond motifs is 2. The number of ether oxygens (including phenoxy) is 1. The Labute approximate surface area is 211 Å². The van der Waals surface area contributed by atoms with Crippen LogP contribution in [0.1, 0.15) is 68.1 Å². The van der Waals surface area contributed by atoms with E-state index in [2.05, 4.69) is 24.0 Å². The molecule has 0 fully saturated rings. The van der Waals surface area contributed by atoms with Gasteiger partial charge in [0.15, 0.2) is 5.43 Å². The largest absolute Gasteiger partial charge is 0.465 e. The Hall–Kier alpha value is -3.85. The van der Waals surface area contributed by atoms with Gasteiger partial charge in [-0.25, -0.2) is 4.79 Å². The number of aryl methyl sites for hydroxylation is 2. The fourth-order valence-corrected chi connectivity index (χ4v) is 5.51. The van der Waals surface area contributed by atoms with Crippen molar-refractivity contribution >= 4 is 39.3 Å². The molecular weight excluding hydrogens is 478 g/mol. The van der Waals surface area contributed by atoms with Crippen LogP contribution in [0.2, 0.25) is 0 Å². The molecule has 0 N–H and O–H groups in total. The summed E-state index contributed by atoms with van der Waals surface area (Å²) in [5, 5.41) is 10.2. The van der Waals surface area contributed by atoms with Crippen LogP contribution < -0.4 is 10.3 Å². The van der Waals surface area contributed by atoms with Gasteiger partial charge in [0.1, 0.15) is 10.6 Å². The molecule has 36 heavy (non-hydrogen) atoms. The number of carbonyl (C=O) groups excluding carboxylic acids is 2. The van der Waals surface area contributed by atoms with Crippen LogP contribution in [-0.2, 0) is 11.2 Å². The second kappa shape index (κ2) is 8.98. The van der Waals surface area contributed by atoms with Gasteiger partial charge in [0.2, 0.25) is 10.9 Å². The van der Waals surface area contributed by atoms with Crippen LogP contribution in [0.15, 0.2) is 45.6 Å². The highest BCUT2D eigenvalue weighted by atomic mass is 32.1. The second-order valence-corrected chi connectivity index (χ2v) is 10.4. The fourth-order valence-electron chi connectivity index (χ4n) is 4.43. The van der Waals surface area contributed by atoms with Crippen LogP contribution in [0.5, 0.6) is 0 Å². The van der Waals surface area contributed by atoms with Crippen LogP contribution in [-0.4, -0.2) is 29.2 Å². The number of esters is 1. The molecule has 2 aromatic carbocycles. The average molecular weight is 504 g/mol. The predicted molar refractivity (Wildman–Crippen MR) is 137 cm³/mol. The first-order valence-electron chi connectivity index (χ1n) is 11.6. The Morgan fingerprint density at radius 2 is 1.81 bits per heavy atom. The van der Waals surface area contributed by atoms with Crippen LogP contribution in [0.25, 0.3) is 11.0 Å². The SMILES string of the molecule is COC(=O)c1ccc([C@@H]2c3c(oc4cc(C)c(C)cc4c3=O)C(=O)N2c2nnc(CC(C)C)s2)cc1. The van der Waals surface area contributed by atoms with Gasteiger partial charge in [-0.1, -0.05) is 37.3 Å². The lowest BCUT2D eigenvalue weighted by Crippen LogP contribution is -2.29. The standard InChI is InChI=1S/C27H25N3O5S/c1-13(2)10-20-28-29-27(36-20)30-22(16-6-8-17(9-7-16)26(33)34-5)21-23(31)18-11-14(3)15(4)12-19(18)35-24(21)25(30)32/h6-9,11-13,22H,10H2,1-5H3/t22-/m1/s1. The summed E-state index contributed by atoms with van der Waals surface area (Å²) in [4.78, 5) is 41.0. The zero-order chi connectivity index (χ0) is 25.7. The van der Waals surface area contributed by atoms with E-state index in [9.17, 15) is 14.4 Å². The number of rotatable bonds is 5. The smallest absolute Gasteiger partial charge is 0.337 e. The van der Waals surface area contributed by atoms with E-state index in [0.29, 0.717) is 33.1 Å². The van der Waals surface area contributed by atoms with E-state index >= 15 is 0 Å². The Bertz CT molecular complexity index is 1570. The zero-order valence-corrected chi connectivity index (χ0v) is 21.4. The van der Waals surface area contributed by atoms with Gasteiger partial charge in [-0.15, -0.1) is 10.2 Å². The molecule has 1 atom stereocenters. The summed E-state index contributed by atoms with van der Waals surface area (Å²) < 4.78 is 10.9. The Kier molecular flexibility index (Phi) is 5.96. The Balaban J connectivity index is 1.72. The predicted octanol–water partition coefficient (Wildman–Crippen LogP) is 5.00. The van der Waals surface area contributed by atoms with Crippen molar-refractivity contribution in [1.82, 2.24) is 10.2 Å². The maximum absolute atomic E-state index is 13.8. The molecule has 0 aliphatic carbocycles. The maximum Gasteiger partial charge on any atom is 0.337 e. The van der Waals surface area contributed by atoms with Gasteiger partial charge in [0.05, 0.1) is 29.7 Å². The quantitative estimate of drug-likeness (QED) is 0.353. The third-order valence-corrected chi connectivity index (χ3v) is 7.32. The molecule has 0 bridgehead atoms. The Morgan fingerprint density at radius 1 is 1.11 bits per heavy atom. The molecule has 5 rings (SSSR count). The molecule has 4 aromatic rings. The first kappa shape index (κ1) is 23.9. The van der Waals surface area contributed by atoms with Crippen LogP contribution in [0, 0.1) is 19.8 Å². The van der Waals surface area contributed by atoms with E-state index < -0.39 is 17.9 Å². The van der Waals surface area contributed by atoms with Crippen LogP contribution >= 0.6 is 11.3 Å². The molecule has 0 radical (unpaired) electrons.